The number of rotatable bonds is 3. The van der Waals surface area contributed by atoms with Crippen LogP contribution in [0.15, 0.2) is 36.4 Å². The lowest BCUT2D eigenvalue weighted by molar-refractivity contribution is 0.574. The Morgan fingerprint density at radius 2 is 1.74 bits per heavy atom. The lowest BCUT2D eigenvalue weighted by Crippen LogP contribution is -1.95. The molecule has 0 fully saturated rings. The minimum Gasteiger partial charge on any atom is -0.207 e. The van der Waals surface area contributed by atoms with Gasteiger partial charge in [0.1, 0.15) is 11.6 Å². The Bertz CT molecular complexity index is 624. The third kappa shape index (κ3) is 2.79. The van der Waals surface area contributed by atoms with Crippen molar-refractivity contribution in [1.82, 2.24) is 0 Å². The van der Waals surface area contributed by atoms with E-state index in [0.29, 0.717) is 35.1 Å². The standard InChI is InChI=1S/C16H12F2N/c1-2-3-13-8-14(16(18)9-15(13)17)12-6-4-11(10-19)5-7-12/h4-9H,1-3H2. The smallest absolute Gasteiger partial charge is 0.133 e. The second-order valence-electron chi connectivity index (χ2n) is 4.22. The van der Waals surface area contributed by atoms with Crippen LogP contribution in [0.25, 0.3) is 11.1 Å². The van der Waals surface area contributed by atoms with E-state index in [0.717, 1.165) is 6.07 Å². The molecular formula is C16H12F2N. The van der Waals surface area contributed by atoms with Crippen molar-refractivity contribution in [1.29, 1.82) is 5.26 Å². The molecule has 0 aliphatic heterocycles. The first-order chi connectivity index (χ1) is 9.15. The van der Waals surface area contributed by atoms with Crippen LogP contribution in [0.2, 0.25) is 0 Å². The van der Waals surface area contributed by atoms with Crippen molar-refractivity contribution in [3.8, 4) is 17.2 Å². The summed E-state index contributed by atoms with van der Waals surface area (Å²) in [5.74, 6) is -1.14. The quantitative estimate of drug-likeness (QED) is 0.804. The van der Waals surface area contributed by atoms with E-state index in [4.69, 9.17) is 5.26 Å². The molecule has 0 unspecified atom stereocenters. The van der Waals surface area contributed by atoms with Gasteiger partial charge < -0.3 is 0 Å². The van der Waals surface area contributed by atoms with Gasteiger partial charge in [0, 0.05) is 11.6 Å². The summed E-state index contributed by atoms with van der Waals surface area (Å²) in [5, 5.41) is 8.72. The molecule has 3 heteroatoms. The maximum atomic E-state index is 13.8. The number of halogens is 2. The first kappa shape index (κ1) is 13.2. The van der Waals surface area contributed by atoms with Crippen molar-refractivity contribution in [3.63, 3.8) is 0 Å². The zero-order valence-electron chi connectivity index (χ0n) is 10.3. The van der Waals surface area contributed by atoms with E-state index in [1.54, 1.807) is 24.3 Å². The first-order valence-electron chi connectivity index (χ1n) is 5.93. The highest BCUT2D eigenvalue weighted by molar-refractivity contribution is 5.66. The minimum atomic E-state index is -0.602. The second-order valence-corrected chi connectivity index (χ2v) is 4.22. The van der Waals surface area contributed by atoms with E-state index in [1.807, 2.05) is 6.07 Å². The second kappa shape index (κ2) is 5.62. The van der Waals surface area contributed by atoms with E-state index < -0.39 is 11.6 Å². The van der Waals surface area contributed by atoms with Gasteiger partial charge in [-0.3, -0.25) is 0 Å². The fourth-order valence-corrected chi connectivity index (χ4v) is 1.92. The van der Waals surface area contributed by atoms with Crippen molar-refractivity contribution in [2.75, 3.05) is 0 Å². The third-order valence-electron chi connectivity index (χ3n) is 2.91. The number of nitriles is 1. The van der Waals surface area contributed by atoms with Crippen molar-refractivity contribution in [2.24, 2.45) is 0 Å². The van der Waals surface area contributed by atoms with Gasteiger partial charge in [-0.15, -0.1) is 0 Å². The summed E-state index contributed by atoms with van der Waals surface area (Å²) in [6.07, 6.45) is 1.02. The van der Waals surface area contributed by atoms with E-state index >= 15 is 0 Å². The summed E-state index contributed by atoms with van der Waals surface area (Å²) in [7, 11) is 0. The van der Waals surface area contributed by atoms with Gasteiger partial charge in [0.15, 0.2) is 0 Å². The van der Waals surface area contributed by atoms with E-state index in [-0.39, 0.29) is 0 Å². The molecule has 19 heavy (non-hydrogen) atoms. The summed E-state index contributed by atoms with van der Waals surface area (Å²) in [5.41, 5.74) is 1.93. The van der Waals surface area contributed by atoms with Gasteiger partial charge in [-0.1, -0.05) is 19.1 Å². The van der Waals surface area contributed by atoms with Crippen LogP contribution in [0.5, 0.6) is 0 Å². The number of hydrogen-bond donors (Lipinski definition) is 0. The van der Waals surface area contributed by atoms with Gasteiger partial charge in [-0.05, 0) is 42.2 Å². The van der Waals surface area contributed by atoms with Crippen molar-refractivity contribution in [3.05, 3.63) is 66.1 Å². The molecule has 0 spiro atoms. The Kier molecular flexibility index (Phi) is 3.91. The molecule has 2 aromatic rings. The fraction of sp³-hybridized carbons (Fsp3) is 0.125. The molecule has 0 saturated heterocycles. The van der Waals surface area contributed by atoms with Gasteiger partial charge in [-0.25, -0.2) is 8.78 Å². The van der Waals surface area contributed by atoms with Crippen LogP contribution in [0, 0.1) is 29.9 Å². The van der Waals surface area contributed by atoms with Crippen LogP contribution in [-0.2, 0) is 6.42 Å². The molecule has 0 N–H and O–H groups in total. The maximum Gasteiger partial charge on any atom is 0.133 e. The molecule has 0 amide bonds. The molecule has 2 rings (SSSR count). The summed E-state index contributed by atoms with van der Waals surface area (Å²) in [6.45, 7) is 3.67. The summed E-state index contributed by atoms with van der Waals surface area (Å²) < 4.78 is 27.4. The summed E-state index contributed by atoms with van der Waals surface area (Å²) >= 11 is 0. The number of benzene rings is 2. The SMILES string of the molecule is [CH2]CCc1cc(-c2ccc(C#N)cc2)c(F)cc1F. The lowest BCUT2D eigenvalue weighted by atomic mass is 9.99. The number of aryl methyl sites for hydroxylation is 1. The normalized spacial score (nSPS) is 10.2. The van der Waals surface area contributed by atoms with Gasteiger partial charge in [0.05, 0.1) is 11.6 Å². The van der Waals surface area contributed by atoms with Crippen molar-refractivity contribution >= 4 is 0 Å². The van der Waals surface area contributed by atoms with E-state index in [1.165, 1.54) is 6.07 Å². The zero-order valence-corrected chi connectivity index (χ0v) is 10.3. The number of hydrogen-bond acceptors (Lipinski definition) is 1. The van der Waals surface area contributed by atoms with Gasteiger partial charge in [-0.2, -0.15) is 5.26 Å². The predicted octanol–water partition coefficient (Wildman–Crippen LogP) is 4.27. The monoisotopic (exact) mass is 256 g/mol. The molecule has 0 atom stereocenters. The Morgan fingerprint density at radius 1 is 1.05 bits per heavy atom. The van der Waals surface area contributed by atoms with Crippen molar-refractivity contribution in [2.45, 2.75) is 12.8 Å². The van der Waals surface area contributed by atoms with Crippen molar-refractivity contribution < 1.29 is 8.78 Å². The summed E-state index contributed by atoms with van der Waals surface area (Å²) in [4.78, 5) is 0. The molecule has 95 valence electrons. The summed E-state index contributed by atoms with van der Waals surface area (Å²) in [6, 6.07) is 10.9. The molecule has 1 radical (unpaired) electrons. The Morgan fingerprint density at radius 3 is 2.32 bits per heavy atom. The molecule has 0 aliphatic rings. The molecular weight excluding hydrogens is 244 g/mol. The third-order valence-corrected chi connectivity index (χ3v) is 2.91. The van der Waals surface area contributed by atoms with Crippen LogP contribution >= 0.6 is 0 Å². The zero-order chi connectivity index (χ0) is 13.8. The minimum absolute atomic E-state index is 0.342. The van der Waals surface area contributed by atoms with Gasteiger partial charge in [0.25, 0.3) is 0 Å². The Balaban J connectivity index is 2.48. The average molecular weight is 256 g/mol. The van der Waals surface area contributed by atoms with Crippen LogP contribution < -0.4 is 0 Å². The highest BCUT2D eigenvalue weighted by Gasteiger charge is 2.11. The highest BCUT2D eigenvalue weighted by Crippen LogP contribution is 2.26. The average Bonchev–Trinajstić information content (AvgIpc) is 2.42. The van der Waals surface area contributed by atoms with Gasteiger partial charge in [0.2, 0.25) is 0 Å². The van der Waals surface area contributed by atoms with Crippen LogP contribution in [0.3, 0.4) is 0 Å². The van der Waals surface area contributed by atoms with Gasteiger partial charge >= 0.3 is 0 Å². The Labute approximate surface area is 111 Å². The van der Waals surface area contributed by atoms with Crippen LogP contribution in [0.4, 0.5) is 8.78 Å². The van der Waals surface area contributed by atoms with E-state index in [9.17, 15) is 8.78 Å². The molecule has 0 saturated carbocycles. The van der Waals surface area contributed by atoms with Crippen LogP contribution in [0.1, 0.15) is 17.5 Å². The first-order valence-corrected chi connectivity index (χ1v) is 5.93. The molecule has 0 heterocycles. The molecule has 0 aliphatic carbocycles. The van der Waals surface area contributed by atoms with Crippen LogP contribution in [-0.4, -0.2) is 0 Å². The largest absolute Gasteiger partial charge is 0.207 e. The lowest BCUT2D eigenvalue weighted by Gasteiger charge is -2.08. The predicted molar refractivity (Wildman–Crippen MR) is 70.2 cm³/mol. The Hall–Kier alpha value is -2.21. The topological polar surface area (TPSA) is 23.8 Å². The maximum absolute atomic E-state index is 13.8. The molecule has 0 aromatic heterocycles. The number of nitrogens with zero attached hydrogens (tertiary/aromatic N) is 1. The molecule has 1 nitrogen and oxygen atoms in total. The highest BCUT2D eigenvalue weighted by atomic mass is 19.1. The molecule has 0 bridgehead atoms. The molecule has 2 aromatic carbocycles. The van der Waals surface area contributed by atoms with E-state index in [2.05, 4.69) is 6.92 Å². The fourth-order valence-electron chi connectivity index (χ4n) is 1.92.